The maximum atomic E-state index is 10.7. The molecule has 0 spiro atoms. The monoisotopic (exact) mass is 474 g/mol. The van der Waals surface area contributed by atoms with Gasteiger partial charge in [-0.2, -0.15) is 13.2 Å². The summed E-state index contributed by atoms with van der Waals surface area (Å²) in [6.45, 7) is 7.16. The van der Waals surface area contributed by atoms with Crippen LogP contribution in [0.3, 0.4) is 0 Å². The summed E-state index contributed by atoms with van der Waals surface area (Å²) in [5.74, 6) is 0. The minimum Gasteiger partial charge on any atom is -0.741 e. The zero-order valence-electron chi connectivity index (χ0n) is 16.6. The Labute approximate surface area is 178 Å². The smallest absolute Gasteiger partial charge is 0.485 e. The Hall–Kier alpha value is -2.08. The van der Waals surface area contributed by atoms with Crippen LogP contribution in [-0.2, 0) is 16.3 Å². The molecular formula is C19H21F3N2O3S2Si. The van der Waals surface area contributed by atoms with Gasteiger partial charge in [-0.05, 0) is 12.1 Å². The average Bonchev–Trinajstić information content (AvgIpc) is 3.04. The zero-order valence-corrected chi connectivity index (χ0v) is 19.2. The average molecular weight is 475 g/mol. The van der Waals surface area contributed by atoms with Crippen molar-refractivity contribution in [1.82, 2.24) is 4.49 Å². The molecular weight excluding hydrogens is 453 g/mol. The molecule has 0 atom stereocenters. The fraction of sp³-hybridized carbons (Fsp3) is 0.263. The van der Waals surface area contributed by atoms with Gasteiger partial charge in [0.25, 0.3) is 5.69 Å². The Bertz CT molecular complexity index is 1070. The fourth-order valence-electron chi connectivity index (χ4n) is 2.50. The van der Waals surface area contributed by atoms with Crippen LogP contribution in [0.2, 0.25) is 19.6 Å². The lowest BCUT2D eigenvalue weighted by Gasteiger charge is -2.09. The number of rotatable bonds is 4. The predicted molar refractivity (Wildman–Crippen MR) is 112 cm³/mol. The number of alkyl halides is 3. The van der Waals surface area contributed by atoms with E-state index in [1.165, 1.54) is 21.7 Å². The van der Waals surface area contributed by atoms with Gasteiger partial charge in [0.05, 0.1) is 10.1 Å². The molecule has 2 aromatic carbocycles. The lowest BCUT2D eigenvalue weighted by Crippen LogP contribution is -2.48. The molecule has 3 rings (SSSR count). The van der Waals surface area contributed by atoms with Crippen LogP contribution in [0.1, 0.15) is 0 Å². The van der Waals surface area contributed by atoms with Gasteiger partial charge in [0.1, 0.15) is 13.0 Å². The summed E-state index contributed by atoms with van der Waals surface area (Å²) in [5.41, 5.74) is -1.91. The molecule has 0 radical (unpaired) electrons. The van der Waals surface area contributed by atoms with Crippen molar-refractivity contribution in [3.63, 3.8) is 0 Å². The molecule has 3 aromatic rings. The van der Waals surface area contributed by atoms with E-state index < -0.39 is 23.7 Å². The van der Waals surface area contributed by atoms with E-state index in [9.17, 15) is 13.2 Å². The van der Waals surface area contributed by atoms with Crippen molar-refractivity contribution < 1.29 is 30.8 Å². The fourth-order valence-corrected chi connectivity index (χ4v) is 4.60. The van der Waals surface area contributed by atoms with Gasteiger partial charge < -0.3 is 4.55 Å². The van der Waals surface area contributed by atoms with Crippen LogP contribution in [0.5, 0.6) is 0 Å². The lowest BCUT2D eigenvalue weighted by molar-refractivity contribution is -0.721. The third-order valence-corrected chi connectivity index (χ3v) is 6.40. The molecule has 11 heteroatoms. The van der Waals surface area contributed by atoms with E-state index in [1.807, 2.05) is 0 Å². The Morgan fingerprint density at radius 1 is 0.967 bits per heavy atom. The van der Waals surface area contributed by atoms with Gasteiger partial charge in [0.2, 0.25) is 0 Å². The van der Waals surface area contributed by atoms with E-state index in [0.29, 0.717) is 0 Å². The molecule has 0 aliphatic carbocycles. The van der Waals surface area contributed by atoms with Crippen LogP contribution in [0.25, 0.3) is 21.7 Å². The summed E-state index contributed by atoms with van der Waals surface area (Å²) in [6.07, 6.45) is 1.04. The molecule has 0 saturated carbocycles. The molecule has 0 saturated heterocycles. The topological polar surface area (TPSA) is 74.0 Å². The van der Waals surface area contributed by atoms with E-state index in [0.717, 1.165) is 6.17 Å². The number of nitrogens with zero attached hydrogens (tertiary/aromatic N) is 2. The van der Waals surface area contributed by atoms with Crippen molar-refractivity contribution in [3.8, 4) is 21.7 Å². The van der Waals surface area contributed by atoms with Gasteiger partial charge >= 0.3 is 5.51 Å². The Morgan fingerprint density at radius 3 is 1.80 bits per heavy atom. The molecule has 0 bridgehead atoms. The van der Waals surface area contributed by atoms with Crippen molar-refractivity contribution >= 4 is 29.7 Å². The number of benzene rings is 2. The van der Waals surface area contributed by atoms with Crippen LogP contribution in [-0.4, -0.2) is 31.0 Å². The number of hydrogen-bond donors (Lipinski definition) is 0. The third-order valence-electron chi connectivity index (χ3n) is 3.69. The van der Waals surface area contributed by atoms with E-state index in [2.05, 4.69) is 85.0 Å². The SMILES string of the molecule is C[Si](C)(C)C[n+]1nsc(-c2ccccc2)c1-c1ccccc1.O=S(=O)([O-])C(F)(F)F. The number of hydrogen-bond acceptors (Lipinski definition) is 5. The molecule has 30 heavy (non-hydrogen) atoms. The lowest BCUT2D eigenvalue weighted by atomic mass is 10.1. The zero-order chi connectivity index (χ0) is 22.6. The van der Waals surface area contributed by atoms with E-state index in [1.54, 1.807) is 11.5 Å². The van der Waals surface area contributed by atoms with Crippen molar-refractivity contribution in [2.24, 2.45) is 0 Å². The summed E-state index contributed by atoms with van der Waals surface area (Å²) in [5, 5.41) is 0. The van der Waals surface area contributed by atoms with Crippen LogP contribution in [0.15, 0.2) is 60.7 Å². The van der Waals surface area contributed by atoms with E-state index in [4.69, 9.17) is 17.5 Å². The highest BCUT2D eigenvalue weighted by molar-refractivity contribution is 7.86. The molecule has 0 amide bonds. The van der Waals surface area contributed by atoms with Crippen LogP contribution < -0.4 is 4.68 Å². The first-order valence-corrected chi connectivity index (χ1v) is 14.7. The molecule has 0 aliphatic heterocycles. The molecule has 0 fully saturated rings. The van der Waals surface area contributed by atoms with Crippen molar-refractivity contribution in [2.45, 2.75) is 31.3 Å². The molecule has 5 nitrogen and oxygen atoms in total. The molecule has 1 heterocycles. The Kier molecular flexibility index (Phi) is 7.56. The second-order valence-electron chi connectivity index (χ2n) is 7.60. The van der Waals surface area contributed by atoms with E-state index in [-0.39, 0.29) is 0 Å². The van der Waals surface area contributed by atoms with Gasteiger partial charge in [-0.3, -0.25) is 0 Å². The van der Waals surface area contributed by atoms with Crippen LogP contribution >= 0.6 is 11.5 Å². The largest absolute Gasteiger partial charge is 0.741 e. The van der Waals surface area contributed by atoms with Crippen LogP contribution in [0.4, 0.5) is 13.2 Å². The summed E-state index contributed by atoms with van der Waals surface area (Å²) in [4.78, 5) is 1.25. The maximum absolute atomic E-state index is 10.7. The molecule has 0 unspecified atom stereocenters. The highest BCUT2D eigenvalue weighted by atomic mass is 32.2. The standard InChI is InChI=1S/C18H21N2SSi.CHF3O3S/c1-22(2,3)14-20-17(15-10-6-4-7-11-15)18(21-19-20)16-12-8-5-9-13-16;2-1(3,4)8(5,6)7/h4-13H,14H2,1-3H3;(H,5,6,7)/q+1;/p-1. The third kappa shape index (κ3) is 6.72. The van der Waals surface area contributed by atoms with Gasteiger partial charge in [0.15, 0.2) is 16.3 Å². The number of halogens is 3. The Balaban J connectivity index is 0.000000343. The molecule has 1 aromatic heterocycles. The first kappa shape index (κ1) is 24.2. The van der Waals surface area contributed by atoms with Crippen molar-refractivity contribution in [3.05, 3.63) is 60.7 Å². The Morgan fingerprint density at radius 2 is 1.40 bits per heavy atom. The molecule has 0 N–H and O–H groups in total. The van der Waals surface area contributed by atoms with Crippen molar-refractivity contribution in [2.75, 3.05) is 0 Å². The summed E-state index contributed by atoms with van der Waals surface area (Å²) in [7, 11) is -7.33. The first-order valence-electron chi connectivity index (χ1n) is 8.82. The first-order chi connectivity index (χ1) is 13.8. The maximum Gasteiger partial charge on any atom is 0.485 e. The summed E-state index contributed by atoms with van der Waals surface area (Å²) in [6, 6.07) is 21.2. The van der Waals surface area contributed by atoms with Crippen LogP contribution in [0, 0.1) is 0 Å². The quantitative estimate of drug-likeness (QED) is 0.238. The van der Waals surface area contributed by atoms with Gasteiger partial charge in [-0.15, -0.1) is 0 Å². The van der Waals surface area contributed by atoms with Gasteiger partial charge in [0, 0.05) is 17.1 Å². The molecule has 162 valence electrons. The molecule has 0 aliphatic rings. The highest BCUT2D eigenvalue weighted by Crippen LogP contribution is 2.32. The number of aromatic nitrogens is 2. The van der Waals surface area contributed by atoms with Crippen molar-refractivity contribution in [1.29, 1.82) is 0 Å². The minimum absolute atomic E-state index is 1.04. The summed E-state index contributed by atoms with van der Waals surface area (Å²) >= 11 is 1.60. The normalized spacial score (nSPS) is 12.2. The minimum atomic E-state index is -6.09. The highest BCUT2D eigenvalue weighted by Gasteiger charge is 2.37. The van der Waals surface area contributed by atoms with Gasteiger partial charge in [-0.25, -0.2) is 8.42 Å². The predicted octanol–water partition coefficient (Wildman–Crippen LogP) is 4.69. The summed E-state index contributed by atoms with van der Waals surface area (Å²) < 4.78 is 65.9. The second kappa shape index (κ2) is 9.37. The van der Waals surface area contributed by atoms with E-state index >= 15 is 0 Å². The van der Waals surface area contributed by atoms with Gasteiger partial charge in [-0.1, -0.05) is 72.9 Å². The second-order valence-corrected chi connectivity index (χ2v) is 15.2.